The predicted molar refractivity (Wildman–Crippen MR) is 124 cm³/mol. The third kappa shape index (κ3) is 5.86. The molecule has 2 heterocycles. The SMILES string of the molecule is Cc1ccc(NC(=O)Nc2cccc(CN3CCN(S(=O)(=O)N(C)C)[C@H](C(=O)O)C3)c2F)cn1. The molecule has 0 unspecified atom stereocenters. The molecule has 3 rings (SSSR count). The van der Waals surface area contributed by atoms with Crippen LogP contribution in [0, 0.1) is 12.7 Å². The number of nitrogens with zero attached hydrogens (tertiary/aromatic N) is 4. The number of aliphatic carboxylic acids is 1. The average molecular weight is 495 g/mol. The number of hydrogen-bond acceptors (Lipinski definition) is 6. The maximum absolute atomic E-state index is 15.1. The fourth-order valence-corrected chi connectivity index (χ4v) is 4.73. The predicted octanol–water partition coefficient (Wildman–Crippen LogP) is 1.55. The lowest BCUT2D eigenvalue weighted by molar-refractivity contribution is -0.143. The van der Waals surface area contributed by atoms with Gasteiger partial charge < -0.3 is 15.7 Å². The fourth-order valence-electron chi connectivity index (χ4n) is 3.52. The number of hydrogen-bond donors (Lipinski definition) is 3. The van der Waals surface area contributed by atoms with Gasteiger partial charge in [-0.3, -0.25) is 14.7 Å². The molecule has 184 valence electrons. The smallest absolute Gasteiger partial charge is 0.323 e. The van der Waals surface area contributed by atoms with Gasteiger partial charge in [-0.2, -0.15) is 17.0 Å². The summed E-state index contributed by atoms with van der Waals surface area (Å²) in [6.45, 7) is 1.91. The molecule has 0 spiro atoms. The highest BCUT2D eigenvalue weighted by Gasteiger charge is 2.40. The maximum Gasteiger partial charge on any atom is 0.323 e. The summed E-state index contributed by atoms with van der Waals surface area (Å²) in [7, 11) is -1.25. The van der Waals surface area contributed by atoms with Crippen molar-refractivity contribution in [2.45, 2.75) is 19.5 Å². The second kappa shape index (κ2) is 10.4. The zero-order valence-electron chi connectivity index (χ0n) is 19.0. The summed E-state index contributed by atoms with van der Waals surface area (Å²) >= 11 is 0. The summed E-state index contributed by atoms with van der Waals surface area (Å²) in [5.41, 5.74) is 1.43. The minimum atomic E-state index is -3.92. The Kier molecular flexibility index (Phi) is 7.82. The van der Waals surface area contributed by atoms with E-state index in [2.05, 4.69) is 15.6 Å². The Hall–Kier alpha value is -3.13. The Labute approximate surface area is 197 Å². The number of piperazine rings is 1. The van der Waals surface area contributed by atoms with Crippen molar-refractivity contribution in [3.8, 4) is 0 Å². The lowest BCUT2D eigenvalue weighted by Gasteiger charge is -2.39. The molecular formula is C21H27FN6O5S. The molecule has 34 heavy (non-hydrogen) atoms. The number of carboxylic acids is 1. The number of carbonyl (C=O) groups is 2. The Morgan fingerprint density at radius 3 is 2.56 bits per heavy atom. The van der Waals surface area contributed by atoms with Crippen LogP contribution in [0.5, 0.6) is 0 Å². The number of aromatic nitrogens is 1. The van der Waals surface area contributed by atoms with Gasteiger partial charge in [0.15, 0.2) is 5.82 Å². The quantitative estimate of drug-likeness (QED) is 0.531. The van der Waals surface area contributed by atoms with Gasteiger partial charge in [0, 0.05) is 51.5 Å². The molecular weight excluding hydrogens is 467 g/mol. The minimum absolute atomic E-state index is 0.0429. The summed E-state index contributed by atoms with van der Waals surface area (Å²) in [6.07, 6.45) is 1.48. The van der Waals surface area contributed by atoms with E-state index in [-0.39, 0.29) is 37.4 Å². The van der Waals surface area contributed by atoms with Crippen LogP contribution in [0.15, 0.2) is 36.5 Å². The second-order valence-electron chi connectivity index (χ2n) is 8.04. The molecule has 1 atom stereocenters. The Bertz CT molecular complexity index is 1160. The van der Waals surface area contributed by atoms with Crippen molar-refractivity contribution >= 4 is 33.6 Å². The number of carboxylic acid groups (broad SMARTS) is 1. The van der Waals surface area contributed by atoms with Crippen LogP contribution in [-0.4, -0.2) is 83.8 Å². The van der Waals surface area contributed by atoms with E-state index in [0.29, 0.717) is 5.69 Å². The third-order valence-corrected chi connectivity index (χ3v) is 7.30. The molecule has 1 fully saturated rings. The fraction of sp³-hybridized carbons (Fsp3) is 0.381. The number of benzene rings is 1. The molecule has 1 aromatic heterocycles. The van der Waals surface area contributed by atoms with Crippen molar-refractivity contribution in [1.29, 1.82) is 0 Å². The van der Waals surface area contributed by atoms with Crippen LogP contribution in [0.3, 0.4) is 0 Å². The summed E-state index contributed by atoms with van der Waals surface area (Å²) in [5.74, 6) is -1.94. The number of amides is 2. The molecule has 1 aliphatic heterocycles. The number of aryl methyl sites for hydroxylation is 1. The van der Waals surface area contributed by atoms with E-state index < -0.39 is 34.1 Å². The first-order valence-corrected chi connectivity index (χ1v) is 11.8. The monoisotopic (exact) mass is 494 g/mol. The Balaban J connectivity index is 1.69. The van der Waals surface area contributed by atoms with Gasteiger partial charge in [-0.25, -0.2) is 9.18 Å². The summed E-state index contributed by atoms with van der Waals surface area (Å²) < 4.78 is 41.9. The summed E-state index contributed by atoms with van der Waals surface area (Å²) in [4.78, 5) is 29.8. The van der Waals surface area contributed by atoms with Crippen molar-refractivity contribution in [2.75, 3.05) is 44.4 Å². The van der Waals surface area contributed by atoms with Crippen LogP contribution < -0.4 is 10.6 Å². The van der Waals surface area contributed by atoms with Gasteiger partial charge in [0.1, 0.15) is 6.04 Å². The number of anilines is 2. The van der Waals surface area contributed by atoms with Crippen LogP contribution in [0.4, 0.5) is 20.6 Å². The maximum atomic E-state index is 15.1. The zero-order valence-corrected chi connectivity index (χ0v) is 19.8. The topological polar surface area (TPSA) is 135 Å². The van der Waals surface area contributed by atoms with Gasteiger partial charge in [-0.05, 0) is 25.1 Å². The van der Waals surface area contributed by atoms with E-state index in [0.717, 1.165) is 14.3 Å². The van der Waals surface area contributed by atoms with Gasteiger partial charge in [0.2, 0.25) is 0 Å². The standard InChI is InChI=1S/C21H27FN6O5S/c1-14-7-8-16(11-23-14)24-21(31)25-17-6-4-5-15(19(17)22)12-27-9-10-28(18(13-27)20(29)30)34(32,33)26(2)3/h4-8,11,18H,9-10,12-13H2,1-3H3,(H,29,30)(H2,24,25,31)/t18-/m0/s1. The number of urea groups is 1. The zero-order chi connectivity index (χ0) is 25.0. The van der Waals surface area contributed by atoms with Crippen molar-refractivity contribution in [3.05, 3.63) is 53.6 Å². The number of halogens is 1. The first-order chi connectivity index (χ1) is 16.0. The van der Waals surface area contributed by atoms with E-state index >= 15 is 4.39 Å². The molecule has 0 radical (unpaired) electrons. The van der Waals surface area contributed by atoms with Crippen molar-refractivity contribution in [3.63, 3.8) is 0 Å². The highest BCUT2D eigenvalue weighted by atomic mass is 32.2. The molecule has 1 aromatic carbocycles. The summed E-state index contributed by atoms with van der Waals surface area (Å²) in [5, 5.41) is 14.6. The number of nitrogens with one attached hydrogen (secondary N) is 2. The molecule has 13 heteroatoms. The van der Waals surface area contributed by atoms with Crippen molar-refractivity contribution in [2.24, 2.45) is 0 Å². The lowest BCUT2D eigenvalue weighted by Crippen LogP contribution is -2.59. The first kappa shape index (κ1) is 25.5. The van der Waals surface area contributed by atoms with E-state index in [9.17, 15) is 23.1 Å². The largest absolute Gasteiger partial charge is 0.480 e. The first-order valence-electron chi connectivity index (χ1n) is 10.4. The number of pyridine rings is 1. The average Bonchev–Trinajstić information content (AvgIpc) is 2.77. The van der Waals surface area contributed by atoms with Crippen LogP contribution >= 0.6 is 0 Å². The van der Waals surface area contributed by atoms with Gasteiger partial charge in [0.05, 0.1) is 17.6 Å². The van der Waals surface area contributed by atoms with Crippen LogP contribution in [0.1, 0.15) is 11.3 Å². The van der Waals surface area contributed by atoms with Gasteiger partial charge >= 0.3 is 12.0 Å². The number of rotatable bonds is 7. The van der Waals surface area contributed by atoms with Crippen LogP contribution in [-0.2, 0) is 21.5 Å². The highest BCUT2D eigenvalue weighted by molar-refractivity contribution is 7.86. The van der Waals surface area contributed by atoms with Gasteiger partial charge in [-0.15, -0.1) is 0 Å². The van der Waals surface area contributed by atoms with E-state index in [4.69, 9.17) is 0 Å². The Morgan fingerprint density at radius 2 is 1.94 bits per heavy atom. The molecule has 2 amide bonds. The van der Waals surface area contributed by atoms with E-state index in [1.165, 1.54) is 32.4 Å². The normalized spacial score (nSPS) is 17.5. The lowest BCUT2D eigenvalue weighted by atomic mass is 10.1. The minimum Gasteiger partial charge on any atom is -0.480 e. The molecule has 2 aromatic rings. The number of carbonyl (C=O) groups excluding carboxylic acids is 1. The molecule has 3 N–H and O–H groups in total. The molecule has 0 saturated carbocycles. The molecule has 0 bridgehead atoms. The van der Waals surface area contributed by atoms with Crippen molar-refractivity contribution in [1.82, 2.24) is 18.5 Å². The molecule has 1 saturated heterocycles. The highest BCUT2D eigenvalue weighted by Crippen LogP contribution is 2.23. The van der Waals surface area contributed by atoms with Gasteiger partial charge in [0.25, 0.3) is 10.2 Å². The molecule has 0 aliphatic carbocycles. The molecule has 1 aliphatic rings. The Morgan fingerprint density at radius 1 is 1.21 bits per heavy atom. The van der Waals surface area contributed by atoms with Crippen LogP contribution in [0.2, 0.25) is 0 Å². The molecule has 11 nitrogen and oxygen atoms in total. The van der Waals surface area contributed by atoms with E-state index in [1.807, 2.05) is 6.92 Å². The summed E-state index contributed by atoms with van der Waals surface area (Å²) in [6, 6.07) is 5.96. The van der Waals surface area contributed by atoms with Crippen LogP contribution in [0.25, 0.3) is 0 Å². The van der Waals surface area contributed by atoms with E-state index in [1.54, 1.807) is 23.1 Å². The van der Waals surface area contributed by atoms with Crippen molar-refractivity contribution < 1.29 is 27.5 Å². The second-order valence-corrected chi connectivity index (χ2v) is 10.1. The van der Waals surface area contributed by atoms with Gasteiger partial charge in [-0.1, -0.05) is 12.1 Å². The third-order valence-electron chi connectivity index (χ3n) is 5.35.